The van der Waals surface area contributed by atoms with Crippen molar-refractivity contribution in [3.63, 3.8) is 0 Å². The van der Waals surface area contributed by atoms with Crippen LogP contribution in [0, 0.1) is 6.92 Å². The monoisotopic (exact) mass is 414 g/mol. The Morgan fingerprint density at radius 2 is 1.30 bits per heavy atom. The summed E-state index contributed by atoms with van der Waals surface area (Å²) in [6, 6.07) is 25.3. The molecule has 0 spiro atoms. The molecule has 0 saturated heterocycles. The molecule has 3 aromatic rings. The van der Waals surface area contributed by atoms with E-state index in [1.54, 1.807) is 0 Å². The van der Waals surface area contributed by atoms with Gasteiger partial charge in [-0.2, -0.15) is 0 Å². The van der Waals surface area contributed by atoms with E-state index >= 15 is 0 Å². The van der Waals surface area contributed by atoms with Crippen LogP contribution in [0.25, 0.3) is 22.3 Å². The molecule has 0 radical (unpaired) electrons. The van der Waals surface area contributed by atoms with Crippen molar-refractivity contribution >= 4 is 22.6 Å². The first-order valence-electron chi connectivity index (χ1n) is 7.74. The Bertz CT molecular complexity index is 767. The van der Waals surface area contributed by atoms with Crippen LogP contribution >= 0.6 is 22.6 Å². The smallest absolute Gasteiger partial charge is 0.127 e. The summed E-state index contributed by atoms with van der Waals surface area (Å²) in [5.74, 6) is 0.956. The van der Waals surface area contributed by atoms with Gasteiger partial charge in [0.15, 0.2) is 0 Å². The molecule has 116 valence electrons. The molecule has 2 heteroatoms. The highest BCUT2D eigenvalue weighted by Crippen LogP contribution is 2.41. The molecule has 0 heterocycles. The Balaban J connectivity index is 2.25. The predicted molar refractivity (Wildman–Crippen MR) is 106 cm³/mol. The summed E-state index contributed by atoms with van der Waals surface area (Å²) < 4.78 is 7.02. The number of ether oxygens (including phenoxy) is 1. The van der Waals surface area contributed by atoms with Crippen molar-refractivity contribution in [2.45, 2.75) is 6.92 Å². The van der Waals surface area contributed by atoms with Gasteiger partial charge in [-0.1, -0.05) is 89.3 Å². The molecule has 0 bridgehead atoms. The van der Waals surface area contributed by atoms with Crippen LogP contribution in [0.1, 0.15) is 5.56 Å². The van der Waals surface area contributed by atoms with E-state index in [9.17, 15) is 0 Å². The minimum atomic E-state index is 0.720. The van der Waals surface area contributed by atoms with E-state index in [0.717, 1.165) is 16.8 Å². The predicted octanol–water partition coefficient (Wildman–Crippen LogP) is 6.14. The number of hydrogen-bond acceptors (Lipinski definition) is 1. The van der Waals surface area contributed by atoms with Gasteiger partial charge in [0.1, 0.15) is 5.75 Å². The fourth-order valence-corrected chi connectivity index (χ4v) is 3.04. The second-order valence-corrected chi connectivity index (χ2v) is 6.48. The maximum absolute atomic E-state index is 6.05. The minimum Gasteiger partial charge on any atom is -0.492 e. The van der Waals surface area contributed by atoms with E-state index < -0.39 is 0 Å². The Morgan fingerprint density at radius 3 is 1.87 bits per heavy atom. The first-order chi connectivity index (χ1) is 11.3. The van der Waals surface area contributed by atoms with Gasteiger partial charge in [0.05, 0.1) is 6.61 Å². The lowest BCUT2D eigenvalue weighted by atomic mass is 9.90. The van der Waals surface area contributed by atoms with E-state index in [4.69, 9.17) is 4.74 Å². The second-order valence-electron chi connectivity index (χ2n) is 5.40. The molecule has 3 rings (SSSR count). The van der Waals surface area contributed by atoms with E-state index in [2.05, 4.69) is 96.2 Å². The Labute approximate surface area is 151 Å². The normalized spacial score (nSPS) is 10.5. The van der Waals surface area contributed by atoms with Gasteiger partial charge in [0, 0.05) is 9.99 Å². The van der Waals surface area contributed by atoms with Crippen molar-refractivity contribution < 1.29 is 4.74 Å². The molecule has 0 aliphatic rings. The van der Waals surface area contributed by atoms with Crippen LogP contribution in [-0.2, 0) is 0 Å². The van der Waals surface area contributed by atoms with Crippen molar-refractivity contribution in [3.05, 3.63) is 78.4 Å². The Hall–Kier alpha value is -1.81. The van der Waals surface area contributed by atoms with Crippen molar-refractivity contribution in [3.8, 4) is 28.0 Å². The molecule has 0 N–H and O–H groups in total. The fourth-order valence-electron chi connectivity index (χ4n) is 2.82. The topological polar surface area (TPSA) is 9.23 Å². The minimum absolute atomic E-state index is 0.720. The maximum atomic E-state index is 6.05. The van der Waals surface area contributed by atoms with Crippen LogP contribution in [0.2, 0.25) is 0 Å². The van der Waals surface area contributed by atoms with Crippen molar-refractivity contribution in [1.29, 1.82) is 0 Å². The molecule has 0 aliphatic carbocycles. The quantitative estimate of drug-likeness (QED) is 0.360. The summed E-state index contributed by atoms with van der Waals surface area (Å²) in [6.07, 6.45) is 0. The number of aryl methyl sites for hydroxylation is 1. The highest BCUT2D eigenvalue weighted by atomic mass is 127. The van der Waals surface area contributed by atoms with E-state index in [0.29, 0.717) is 0 Å². The molecule has 0 atom stereocenters. The van der Waals surface area contributed by atoms with Gasteiger partial charge < -0.3 is 4.74 Å². The van der Waals surface area contributed by atoms with E-state index in [1.165, 1.54) is 27.8 Å². The van der Waals surface area contributed by atoms with Gasteiger partial charge >= 0.3 is 0 Å². The highest BCUT2D eigenvalue weighted by Gasteiger charge is 2.15. The van der Waals surface area contributed by atoms with Gasteiger partial charge in [0.25, 0.3) is 0 Å². The molecule has 0 unspecified atom stereocenters. The lowest BCUT2D eigenvalue weighted by Gasteiger charge is -2.18. The average Bonchev–Trinajstić information content (AvgIpc) is 2.62. The van der Waals surface area contributed by atoms with Crippen molar-refractivity contribution in [2.75, 3.05) is 11.0 Å². The highest BCUT2D eigenvalue weighted by molar-refractivity contribution is 14.1. The molecule has 0 aromatic heterocycles. The number of halogens is 1. The third kappa shape index (κ3) is 3.58. The lowest BCUT2D eigenvalue weighted by molar-refractivity contribution is 0.348. The number of alkyl halides is 1. The van der Waals surface area contributed by atoms with E-state index in [-0.39, 0.29) is 0 Å². The van der Waals surface area contributed by atoms with Gasteiger partial charge in [-0.25, -0.2) is 0 Å². The third-order valence-corrected chi connectivity index (χ3v) is 4.28. The van der Waals surface area contributed by atoms with Crippen LogP contribution in [0.5, 0.6) is 5.75 Å². The summed E-state index contributed by atoms with van der Waals surface area (Å²) in [5.41, 5.74) is 6.11. The zero-order valence-electron chi connectivity index (χ0n) is 13.1. The van der Waals surface area contributed by atoms with E-state index in [1.807, 2.05) is 6.07 Å². The molecule has 3 aromatic carbocycles. The van der Waals surface area contributed by atoms with Crippen molar-refractivity contribution in [2.24, 2.45) is 0 Å². The van der Waals surface area contributed by atoms with Gasteiger partial charge in [-0.05, 0) is 35.2 Å². The molecule has 23 heavy (non-hydrogen) atoms. The second kappa shape index (κ2) is 7.64. The zero-order chi connectivity index (χ0) is 16.1. The van der Waals surface area contributed by atoms with Crippen LogP contribution in [0.4, 0.5) is 0 Å². The van der Waals surface area contributed by atoms with Gasteiger partial charge in [0.2, 0.25) is 0 Å². The summed E-state index contributed by atoms with van der Waals surface area (Å²) in [4.78, 5) is 0. The van der Waals surface area contributed by atoms with Crippen molar-refractivity contribution in [1.82, 2.24) is 0 Å². The summed E-state index contributed by atoms with van der Waals surface area (Å²) in [5, 5.41) is 0. The largest absolute Gasteiger partial charge is 0.492 e. The van der Waals surface area contributed by atoms with Crippen LogP contribution in [0.15, 0.2) is 72.8 Å². The molecule has 0 saturated carbocycles. The first kappa shape index (κ1) is 16.1. The zero-order valence-corrected chi connectivity index (χ0v) is 15.3. The fraction of sp³-hybridized carbons (Fsp3) is 0.143. The molecule has 0 aliphatic heterocycles. The molecular formula is C21H19IO. The number of hydrogen-bond donors (Lipinski definition) is 0. The summed E-state index contributed by atoms with van der Waals surface area (Å²) in [6.45, 7) is 2.88. The molecular weight excluding hydrogens is 395 g/mol. The number of rotatable bonds is 5. The molecule has 1 nitrogen and oxygen atoms in total. The third-order valence-electron chi connectivity index (χ3n) is 3.84. The first-order valence-corrected chi connectivity index (χ1v) is 9.27. The lowest BCUT2D eigenvalue weighted by Crippen LogP contribution is -2.01. The Kier molecular flexibility index (Phi) is 5.34. The van der Waals surface area contributed by atoms with Crippen LogP contribution in [0.3, 0.4) is 0 Å². The summed E-state index contributed by atoms with van der Waals surface area (Å²) in [7, 11) is 0. The summed E-state index contributed by atoms with van der Waals surface area (Å²) >= 11 is 2.34. The standard InChI is InChI=1S/C21H19IO/c1-16-12-13-19(23-15-14-22)21(18-10-6-3-7-11-18)20(16)17-8-4-2-5-9-17/h2-13H,14-15H2,1H3. The SMILES string of the molecule is Cc1ccc(OCCI)c(-c2ccccc2)c1-c1ccccc1. The van der Waals surface area contributed by atoms with Crippen LogP contribution < -0.4 is 4.74 Å². The molecule has 0 amide bonds. The average molecular weight is 414 g/mol. The van der Waals surface area contributed by atoms with Crippen LogP contribution in [-0.4, -0.2) is 11.0 Å². The number of benzene rings is 3. The van der Waals surface area contributed by atoms with Gasteiger partial charge in [-0.15, -0.1) is 0 Å². The maximum Gasteiger partial charge on any atom is 0.127 e. The van der Waals surface area contributed by atoms with Gasteiger partial charge in [-0.3, -0.25) is 0 Å². The molecule has 0 fully saturated rings. The Morgan fingerprint density at radius 1 is 0.739 bits per heavy atom.